The van der Waals surface area contributed by atoms with Gasteiger partial charge in [0.25, 0.3) is 5.91 Å². The van der Waals surface area contributed by atoms with Crippen molar-refractivity contribution < 1.29 is 4.79 Å². The second kappa shape index (κ2) is 5.88. The van der Waals surface area contributed by atoms with E-state index in [-0.39, 0.29) is 5.91 Å². The number of aryl methyl sites for hydroxylation is 1. The maximum absolute atomic E-state index is 12.3. The zero-order valence-electron chi connectivity index (χ0n) is 10.6. The first-order valence-electron chi connectivity index (χ1n) is 5.65. The van der Waals surface area contributed by atoms with Gasteiger partial charge in [-0.15, -0.1) is 0 Å². The number of benzene rings is 1. The summed E-state index contributed by atoms with van der Waals surface area (Å²) in [6, 6.07) is 5.53. The number of carbonyl (C=O) groups excluding carboxylic acids is 1. The summed E-state index contributed by atoms with van der Waals surface area (Å²) >= 11 is 6.78. The van der Waals surface area contributed by atoms with Crippen LogP contribution in [0.2, 0.25) is 0 Å². The highest BCUT2D eigenvalue weighted by atomic mass is 79.9. The molecule has 0 fully saturated rings. The molecule has 0 saturated heterocycles. The minimum Gasteiger partial charge on any atom is -0.337 e. The molecule has 0 aliphatic rings. The first-order chi connectivity index (χ1) is 8.97. The third kappa shape index (κ3) is 3.45. The van der Waals surface area contributed by atoms with Gasteiger partial charge in [0.15, 0.2) is 0 Å². The van der Waals surface area contributed by atoms with Gasteiger partial charge >= 0.3 is 0 Å². The molecular weight excluding hydrogens is 374 g/mol. The van der Waals surface area contributed by atoms with Crippen molar-refractivity contribution in [3.63, 3.8) is 0 Å². The third-order valence-electron chi connectivity index (χ3n) is 2.69. The fraction of sp³-hybridized carbons (Fsp3) is 0.231. The third-order valence-corrected chi connectivity index (χ3v) is 3.84. The van der Waals surface area contributed by atoms with Gasteiger partial charge in [-0.1, -0.05) is 15.9 Å². The lowest BCUT2D eigenvalue weighted by atomic mass is 10.2. The Morgan fingerprint density at radius 3 is 2.74 bits per heavy atom. The van der Waals surface area contributed by atoms with E-state index in [4.69, 9.17) is 0 Å². The second-order valence-electron chi connectivity index (χ2n) is 4.31. The van der Waals surface area contributed by atoms with Crippen LogP contribution in [0.15, 0.2) is 39.5 Å². The Balaban J connectivity index is 2.14. The molecule has 0 spiro atoms. The van der Waals surface area contributed by atoms with Crippen LogP contribution in [0.4, 0.5) is 0 Å². The molecule has 0 atom stereocenters. The van der Waals surface area contributed by atoms with Crippen LogP contribution in [0.1, 0.15) is 15.9 Å². The lowest BCUT2D eigenvalue weighted by molar-refractivity contribution is 0.0784. The lowest BCUT2D eigenvalue weighted by Gasteiger charge is -2.17. The van der Waals surface area contributed by atoms with Crippen LogP contribution in [0.25, 0.3) is 0 Å². The second-order valence-corrected chi connectivity index (χ2v) is 6.08. The first kappa shape index (κ1) is 14.3. The quantitative estimate of drug-likeness (QED) is 0.812. The monoisotopic (exact) mass is 385 g/mol. The van der Waals surface area contributed by atoms with Crippen molar-refractivity contribution in [3.05, 3.63) is 50.7 Å². The van der Waals surface area contributed by atoms with Gasteiger partial charge in [-0.05, 0) is 34.1 Å². The molecule has 0 saturated carbocycles. The van der Waals surface area contributed by atoms with Crippen molar-refractivity contribution in [1.29, 1.82) is 0 Å². The van der Waals surface area contributed by atoms with Gasteiger partial charge in [-0.2, -0.15) is 5.10 Å². The zero-order valence-corrected chi connectivity index (χ0v) is 13.8. The fourth-order valence-corrected chi connectivity index (χ4v) is 2.98. The van der Waals surface area contributed by atoms with E-state index < -0.39 is 0 Å². The minimum absolute atomic E-state index is 0.0248. The van der Waals surface area contributed by atoms with Crippen LogP contribution in [-0.4, -0.2) is 27.6 Å². The molecule has 4 nitrogen and oxygen atoms in total. The van der Waals surface area contributed by atoms with Crippen molar-refractivity contribution in [2.45, 2.75) is 6.54 Å². The Bertz CT molecular complexity index is 610. The van der Waals surface area contributed by atoms with Gasteiger partial charge in [0.1, 0.15) is 0 Å². The van der Waals surface area contributed by atoms with E-state index in [0.29, 0.717) is 12.1 Å². The first-order valence-corrected chi connectivity index (χ1v) is 7.24. The van der Waals surface area contributed by atoms with Crippen molar-refractivity contribution in [2.24, 2.45) is 7.05 Å². The molecule has 0 unspecified atom stereocenters. The van der Waals surface area contributed by atoms with E-state index in [1.807, 2.05) is 25.4 Å². The molecule has 0 bridgehead atoms. The van der Waals surface area contributed by atoms with Gasteiger partial charge in [0.2, 0.25) is 0 Å². The van der Waals surface area contributed by atoms with E-state index in [1.165, 1.54) is 0 Å². The largest absolute Gasteiger partial charge is 0.337 e. The topological polar surface area (TPSA) is 38.1 Å². The molecule has 0 aliphatic heterocycles. The highest BCUT2D eigenvalue weighted by Gasteiger charge is 2.15. The number of carbonyl (C=O) groups is 1. The molecule has 6 heteroatoms. The SMILES string of the molecule is CN(Cc1cnn(C)c1)C(=O)c1ccc(Br)cc1Br. The van der Waals surface area contributed by atoms with Gasteiger partial charge in [0, 0.05) is 41.3 Å². The van der Waals surface area contributed by atoms with E-state index in [9.17, 15) is 4.79 Å². The fourth-order valence-electron chi connectivity index (χ4n) is 1.77. The normalized spacial score (nSPS) is 10.5. The van der Waals surface area contributed by atoms with E-state index in [1.54, 1.807) is 28.9 Å². The number of nitrogens with zero attached hydrogens (tertiary/aromatic N) is 3. The Morgan fingerprint density at radius 1 is 1.42 bits per heavy atom. The Hall–Kier alpha value is -1.14. The number of hydrogen-bond donors (Lipinski definition) is 0. The maximum Gasteiger partial charge on any atom is 0.255 e. The molecule has 2 rings (SSSR count). The Labute approximate surface area is 128 Å². The summed E-state index contributed by atoms with van der Waals surface area (Å²) in [5.41, 5.74) is 1.65. The van der Waals surface area contributed by atoms with Crippen LogP contribution in [0.3, 0.4) is 0 Å². The number of halogens is 2. The average molecular weight is 387 g/mol. The molecule has 1 amide bonds. The molecule has 1 heterocycles. The Kier molecular flexibility index (Phi) is 4.42. The van der Waals surface area contributed by atoms with Crippen molar-refractivity contribution in [2.75, 3.05) is 7.05 Å². The number of aromatic nitrogens is 2. The molecule has 0 aliphatic carbocycles. The van der Waals surface area contributed by atoms with Crippen LogP contribution in [0, 0.1) is 0 Å². The summed E-state index contributed by atoms with van der Waals surface area (Å²) < 4.78 is 3.44. The smallest absolute Gasteiger partial charge is 0.255 e. The standard InChI is InChI=1S/C13H13Br2N3O/c1-17(7-9-6-16-18(2)8-9)13(19)11-4-3-10(14)5-12(11)15/h3-6,8H,7H2,1-2H3. The molecule has 0 N–H and O–H groups in total. The van der Waals surface area contributed by atoms with E-state index in [0.717, 1.165) is 14.5 Å². The van der Waals surface area contributed by atoms with Crippen LogP contribution >= 0.6 is 31.9 Å². The average Bonchev–Trinajstić information content (AvgIpc) is 2.74. The summed E-state index contributed by atoms with van der Waals surface area (Å²) in [7, 11) is 3.64. The lowest BCUT2D eigenvalue weighted by Crippen LogP contribution is -2.26. The predicted molar refractivity (Wildman–Crippen MR) is 80.8 cm³/mol. The van der Waals surface area contributed by atoms with Gasteiger partial charge in [-0.3, -0.25) is 9.48 Å². The molecule has 0 radical (unpaired) electrons. The number of hydrogen-bond acceptors (Lipinski definition) is 2. The molecule has 2 aromatic rings. The minimum atomic E-state index is -0.0248. The molecule has 19 heavy (non-hydrogen) atoms. The van der Waals surface area contributed by atoms with Crippen molar-refractivity contribution >= 4 is 37.8 Å². The molecular formula is C13H13Br2N3O. The summed E-state index contributed by atoms with van der Waals surface area (Å²) in [6.45, 7) is 0.537. The maximum atomic E-state index is 12.3. The number of rotatable bonds is 3. The molecule has 100 valence electrons. The predicted octanol–water partition coefficient (Wildman–Crippen LogP) is 3.22. The van der Waals surface area contributed by atoms with Gasteiger partial charge < -0.3 is 4.90 Å². The van der Waals surface area contributed by atoms with Gasteiger partial charge in [-0.25, -0.2) is 0 Å². The summed E-state index contributed by atoms with van der Waals surface area (Å²) in [5, 5.41) is 4.09. The van der Waals surface area contributed by atoms with Crippen molar-refractivity contribution in [1.82, 2.24) is 14.7 Å². The van der Waals surface area contributed by atoms with Crippen LogP contribution in [0.5, 0.6) is 0 Å². The van der Waals surface area contributed by atoms with Crippen LogP contribution in [-0.2, 0) is 13.6 Å². The summed E-state index contributed by atoms with van der Waals surface area (Å²) in [4.78, 5) is 14.0. The molecule has 1 aromatic carbocycles. The van der Waals surface area contributed by atoms with E-state index in [2.05, 4.69) is 37.0 Å². The van der Waals surface area contributed by atoms with E-state index >= 15 is 0 Å². The molecule has 1 aromatic heterocycles. The van der Waals surface area contributed by atoms with Crippen LogP contribution < -0.4 is 0 Å². The van der Waals surface area contributed by atoms with Crippen molar-refractivity contribution in [3.8, 4) is 0 Å². The highest BCUT2D eigenvalue weighted by Crippen LogP contribution is 2.23. The number of amides is 1. The Morgan fingerprint density at radius 2 is 2.16 bits per heavy atom. The van der Waals surface area contributed by atoms with Gasteiger partial charge in [0.05, 0.1) is 11.8 Å². The highest BCUT2D eigenvalue weighted by molar-refractivity contribution is 9.11. The summed E-state index contributed by atoms with van der Waals surface area (Å²) in [6.07, 6.45) is 3.67. The summed E-state index contributed by atoms with van der Waals surface area (Å²) in [5.74, 6) is -0.0248. The zero-order chi connectivity index (χ0) is 14.0.